The minimum atomic E-state index is -0.205. The Morgan fingerprint density at radius 2 is 1.92 bits per heavy atom. The van der Waals surface area contributed by atoms with E-state index in [1.807, 2.05) is 32.0 Å². The SMILES string of the molecule is Cc1cccc(NC(=O)Cn2nnc(-c3ccc(Cl)cc3)n2)c1C. The van der Waals surface area contributed by atoms with Crippen LogP contribution in [0.2, 0.25) is 5.02 Å². The van der Waals surface area contributed by atoms with Crippen molar-refractivity contribution < 1.29 is 4.79 Å². The topological polar surface area (TPSA) is 72.7 Å². The van der Waals surface area contributed by atoms with Crippen molar-refractivity contribution in [3.8, 4) is 11.4 Å². The van der Waals surface area contributed by atoms with Gasteiger partial charge >= 0.3 is 0 Å². The molecule has 7 heteroatoms. The summed E-state index contributed by atoms with van der Waals surface area (Å²) in [7, 11) is 0. The van der Waals surface area contributed by atoms with Gasteiger partial charge in [-0.25, -0.2) is 0 Å². The van der Waals surface area contributed by atoms with Crippen LogP contribution in [-0.4, -0.2) is 26.1 Å². The number of hydrogen-bond acceptors (Lipinski definition) is 4. The Labute approximate surface area is 144 Å². The molecule has 0 atom stereocenters. The van der Waals surface area contributed by atoms with Crippen LogP contribution < -0.4 is 5.32 Å². The van der Waals surface area contributed by atoms with Crippen molar-refractivity contribution >= 4 is 23.2 Å². The highest BCUT2D eigenvalue weighted by molar-refractivity contribution is 6.30. The molecule has 0 radical (unpaired) electrons. The summed E-state index contributed by atoms with van der Waals surface area (Å²) >= 11 is 5.86. The Morgan fingerprint density at radius 3 is 2.67 bits per heavy atom. The first kappa shape index (κ1) is 16.1. The molecular weight excluding hydrogens is 326 g/mol. The van der Waals surface area contributed by atoms with E-state index < -0.39 is 0 Å². The van der Waals surface area contributed by atoms with E-state index in [4.69, 9.17) is 11.6 Å². The summed E-state index contributed by atoms with van der Waals surface area (Å²) in [4.78, 5) is 13.4. The molecule has 0 saturated heterocycles. The number of tetrazole rings is 1. The summed E-state index contributed by atoms with van der Waals surface area (Å²) in [5, 5.41) is 15.6. The number of aryl methyl sites for hydroxylation is 1. The van der Waals surface area contributed by atoms with Crippen LogP contribution in [0.1, 0.15) is 11.1 Å². The van der Waals surface area contributed by atoms with Gasteiger partial charge in [-0.1, -0.05) is 23.7 Å². The second-order valence-electron chi connectivity index (χ2n) is 5.45. The van der Waals surface area contributed by atoms with E-state index in [0.29, 0.717) is 10.8 Å². The molecule has 1 aromatic heterocycles. The van der Waals surface area contributed by atoms with Crippen molar-refractivity contribution in [3.05, 3.63) is 58.6 Å². The Morgan fingerprint density at radius 1 is 1.17 bits per heavy atom. The van der Waals surface area contributed by atoms with Crippen LogP contribution in [0.5, 0.6) is 0 Å². The number of carbonyl (C=O) groups excluding carboxylic acids is 1. The van der Waals surface area contributed by atoms with Crippen LogP contribution in [0.3, 0.4) is 0 Å². The van der Waals surface area contributed by atoms with Gasteiger partial charge in [0.1, 0.15) is 6.54 Å². The number of anilines is 1. The number of halogens is 1. The molecule has 0 aliphatic rings. The number of aromatic nitrogens is 4. The van der Waals surface area contributed by atoms with E-state index in [0.717, 1.165) is 22.4 Å². The monoisotopic (exact) mass is 341 g/mol. The Kier molecular flexibility index (Phi) is 4.57. The van der Waals surface area contributed by atoms with E-state index in [9.17, 15) is 4.79 Å². The number of benzene rings is 2. The third-order valence-corrected chi connectivity index (χ3v) is 3.97. The Balaban J connectivity index is 1.69. The normalized spacial score (nSPS) is 10.6. The molecule has 24 heavy (non-hydrogen) atoms. The Hall–Kier alpha value is -2.73. The average Bonchev–Trinajstić information content (AvgIpc) is 3.01. The lowest BCUT2D eigenvalue weighted by atomic mass is 10.1. The second kappa shape index (κ2) is 6.80. The summed E-state index contributed by atoms with van der Waals surface area (Å²) < 4.78 is 0. The highest BCUT2D eigenvalue weighted by atomic mass is 35.5. The zero-order valence-corrected chi connectivity index (χ0v) is 14.1. The molecule has 0 aliphatic heterocycles. The van der Waals surface area contributed by atoms with E-state index in [-0.39, 0.29) is 12.5 Å². The van der Waals surface area contributed by atoms with E-state index in [2.05, 4.69) is 20.7 Å². The third kappa shape index (κ3) is 3.60. The van der Waals surface area contributed by atoms with Gasteiger partial charge in [-0.05, 0) is 60.5 Å². The lowest BCUT2D eigenvalue weighted by molar-refractivity contribution is -0.117. The maximum absolute atomic E-state index is 12.2. The molecule has 0 fully saturated rings. The predicted molar refractivity (Wildman–Crippen MR) is 92.8 cm³/mol. The van der Waals surface area contributed by atoms with Gasteiger partial charge in [-0.15, -0.1) is 10.2 Å². The zero-order chi connectivity index (χ0) is 17.1. The maximum Gasteiger partial charge on any atom is 0.248 e. The predicted octanol–water partition coefficient (Wildman–Crippen LogP) is 3.25. The molecule has 122 valence electrons. The first-order chi connectivity index (χ1) is 11.5. The lowest BCUT2D eigenvalue weighted by Gasteiger charge is -2.09. The summed E-state index contributed by atoms with van der Waals surface area (Å²) in [6, 6.07) is 12.9. The number of amides is 1. The summed E-state index contributed by atoms with van der Waals surface area (Å²) in [5.74, 6) is 0.245. The molecule has 1 heterocycles. The quantitative estimate of drug-likeness (QED) is 0.790. The highest BCUT2D eigenvalue weighted by Gasteiger charge is 2.11. The smallest absolute Gasteiger partial charge is 0.248 e. The van der Waals surface area contributed by atoms with Gasteiger partial charge < -0.3 is 5.32 Å². The van der Waals surface area contributed by atoms with Gasteiger partial charge in [-0.3, -0.25) is 4.79 Å². The molecule has 0 saturated carbocycles. The molecule has 0 bridgehead atoms. The fourth-order valence-corrected chi connectivity index (χ4v) is 2.36. The minimum absolute atomic E-state index is 0.00598. The number of rotatable bonds is 4. The standard InChI is InChI=1S/C17H16ClN5O/c1-11-4-3-5-15(12(11)2)19-16(24)10-23-21-17(20-22-23)13-6-8-14(18)9-7-13/h3-9H,10H2,1-2H3,(H,19,24). The second-order valence-corrected chi connectivity index (χ2v) is 5.88. The van der Waals surface area contributed by atoms with Gasteiger partial charge in [0.2, 0.25) is 11.7 Å². The van der Waals surface area contributed by atoms with Gasteiger partial charge in [-0.2, -0.15) is 4.80 Å². The third-order valence-electron chi connectivity index (χ3n) is 3.72. The van der Waals surface area contributed by atoms with Crippen molar-refractivity contribution in [3.63, 3.8) is 0 Å². The molecule has 1 N–H and O–H groups in total. The number of nitrogens with one attached hydrogen (secondary N) is 1. The molecular formula is C17H16ClN5O. The molecule has 0 aliphatic carbocycles. The van der Waals surface area contributed by atoms with Crippen LogP contribution >= 0.6 is 11.6 Å². The number of hydrogen-bond donors (Lipinski definition) is 1. The first-order valence-electron chi connectivity index (χ1n) is 7.43. The largest absolute Gasteiger partial charge is 0.324 e. The van der Waals surface area contributed by atoms with Gasteiger partial charge in [0.25, 0.3) is 0 Å². The fraction of sp³-hybridized carbons (Fsp3) is 0.176. The fourth-order valence-electron chi connectivity index (χ4n) is 2.23. The first-order valence-corrected chi connectivity index (χ1v) is 7.80. The van der Waals surface area contributed by atoms with Crippen LogP contribution in [0.4, 0.5) is 5.69 Å². The van der Waals surface area contributed by atoms with E-state index in [1.54, 1.807) is 24.3 Å². The van der Waals surface area contributed by atoms with Crippen molar-refractivity contribution in [2.75, 3.05) is 5.32 Å². The summed E-state index contributed by atoms with van der Waals surface area (Å²) in [6.07, 6.45) is 0. The van der Waals surface area contributed by atoms with Crippen LogP contribution in [0, 0.1) is 13.8 Å². The van der Waals surface area contributed by atoms with Crippen molar-refractivity contribution in [1.82, 2.24) is 20.2 Å². The highest BCUT2D eigenvalue weighted by Crippen LogP contribution is 2.18. The molecule has 1 amide bonds. The number of nitrogens with zero attached hydrogens (tertiary/aromatic N) is 4. The van der Waals surface area contributed by atoms with Crippen molar-refractivity contribution in [2.45, 2.75) is 20.4 Å². The minimum Gasteiger partial charge on any atom is -0.324 e. The van der Waals surface area contributed by atoms with E-state index in [1.165, 1.54) is 4.80 Å². The van der Waals surface area contributed by atoms with Crippen molar-refractivity contribution in [2.24, 2.45) is 0 Å². The average molecular weight is 342 g/mol. The van der Waals surface area contributed by atoms with Crippen LogP contribution in [0.15, 0.2) is 42.5 Å². The van der Waals surface area contributed by atoms with E-state index >= 15 is 0 Å². The molecule has 6 nitrogen and oxygen atoms in total. The Bertz CT molecular complexity index is 873. The molecule has 3 aromatic rings. The summed E-state index contributed by atoms with van der Waals surface area (Å²) in [6.45, 7) is 3.97. The van der Waals surface area contributed by atoms with Gasteiger partial charge in [0.15, 0.2) is 0 Å². The van der Waals surface area contributed by atoms with Crippen molar-refractivity contribution in [1.29, 1.82) is 0 Å². The lowest BCUT2D eigenvalue weighted by Crippen LogP contribution is -2.21. The number of carbonyl (C=O) groups is 1. The van der Waals surface area contributed by atoms with Gasteiger partial charge in [0, 0.05) is 16.3 Å². The maximum atomic E-state index is 12.2. The molecule has 3 rings (SSSR count). The van der Waals surface area contributed by atoms with Crippen LogP contribution in [0.25, 0.3) is 11.4 Å². The van der Waals surface area contributed by atoms with Crippen LogP contribution in [-0.2, 0) is 11.3 Å². The summed E-state index contributed by atoms with van der Waals surface area (Å²) in [5.41, 5.74) is 3.74. The zero-order valence-electron chi connectivity index (χ0n) is 13.3. The molecule has 2 aromatic carbocycles. The molecule has 0 unspecified atom stereocenters. The molecule has 0 spiro atoms. The van der Waals surface area contributed by atoms with Gasteiger partial charge in [0.05, 0.1) is 0 Å².